The van der Waals surface area contributed by atoms with Crippen LogP contribution in [0.2, 0.25) is 0 Å². The minimum atomic E-state index is -4.12. The Morgan fingerprint density at radius 1 is 1.28 bits per heavy atom. The molecule has 0 saturated heterocycles. The zero-order valence-electron chi connectivity index (χ0n) is 15.6. The Bertz CT molecular complexity index is 1060. The van der Waals surface area contributed by atoms with Crippen LogP contribution in [0.5, 0.6) is 0 Å². The van der Waals surface area contributed by atoms with Crippen molar-refractivity contribution in [3.63, 3.8) is 0 Å². The molecule has 0 radical (unpaired) electrons. The van der Waals surface area contributed by atoms with Gasteiger partial charge in [0, 0.05) is 13.1 Å². The predicted octanol–water partition coefficient (Wildman–Crippen LogP) is 2.58. The standard InChI is InChI=1S/C18H18FN3O5S2/c1-3-22(4-2)29(25,26)15-9-12(5-6-14(15)19)18(24)27-11-16(23)21-17-13(10-20)7-8-28-17/h5-9H,3-4,11H2,1-2H3,(H,21,23). The fourth-order valence-electron chi connectivity index (χ4n) is 2.40. The normalized spacial score (nSPS) is 11.1. The molecule has 0 saturated carbocycles. The van der Waals surface area contributed by atoms with Gasteiger partial charge in [-0.3, -0.25) is 4.79 Å². The van der Waals surface area contributed by atoms with Crippen molar-refractivity contribution in [2.75, 3.05) is 25.0 Å². The van der Waals surface area contributed by atoms with Crippen molar-refractivity contribution in [3.05, 3.63) is 46.6 Å². The monoisotopic (exact) mass is 439 g/mol. The lowest BCUT2D eigenvalue weighted by molar-refractivity contribution is -0.119. The summed E-state index contributed by atoms with van der Waals surface area (Å²) in [5.41, 5.74) is 0.0678. The molecule has 0 aliphatic rings. The number of nitriles is 1. The van der Waals surface area contributed by atoms with E-state index in [1.54, 1.807) is 19.2 Å². The second-order valence-electron chi connectivity index (χ2n) is 5.63. The maximum absolute atomic E-state index is 14.1. The Labute approximate surface area is 171 Å². The summed E-state index contributed by atoms with van der Waals surface area (Å²) in [6.45, 7) is 2.85. The molecule has 1 aromatic heterocycles. The van der Waals surface area contributed by atoms with Gasteiger partial charge in [0.05, 0.1) is 11.1 Å². The highest BCUT2D eigenvalue weighted by molar-refractivity contribution is 7.89. The molecule has 1 heterocycles. The minimum Gasteiger partial charge on any atom is -0.452 e. The number of carbonyl (C=O) groups is 2. The summed E-state index contributed by atoms with van der Waals surface area (Å²) < 4.78 is 45.1. The third-order valence-electron chi connectivity index (χ3n) is 3.86. The quantitative estimate of drug-likeness (QED) is 0.632. The average Bonchev–Trinajstić information content (AvgIpc) is 3.14. The number of hydrogen-bond acceptors (Lipinski definition) is 7. The first-order chi connectivity index (χ1) is 13.7. The number of carbonyl (C=O) groups excluding carboxylic acids is 2. The van der Waals surface area contributed by atoms with Gasteiger partial charge in [-0.25, -0.2) is 17.6 Å². The van der Waals surface area contributed by atoms with Crippen LogP contribution in [0.3, 0.4) is 0 Å². The fourth-order valence-corrected chi connectivity index (χ4v) is 4.70. The molecule has 0 atom stereocenters. The molecule has 0 fully saturated rings. The molecular formula is C18H18FN3O5S2. The van der Waals surface area contributed by atoms with E-state index in [4.69, 9.17) is 10.00 Å². The summed E-state index contributed by atoms with van der Waals surface area (Å²) in [5, 5.41) is 13.3. The van der Waals surface area contributed by atoms with Crippen LogP contribution in [0.15, 0.2) is 34.5 Å². The molecule has 154 valence electrons. The molecule has 11 heteroatoms. The lowest BCUT2D eigenvalue weighted by atomic mass is 10.2. The summed E-state index contributed by atoms with van der Waals surface area (Å²) >= 11 is 1.14. The van der Waals surface area contributed by atoms with E-state index in [1.165, 1.54) is 6.07 Å². The molecule has 0 unspecified atom stereocenters. The lowest BCUT2D eigenvalue weighted by Crippen LogP contribution is -2.31. The smallest absolute Gasteiger partial charge is 0.338 e. The number of thiophene rings is 1. The van der Waals surface area contributed by atoms with Crippen LogP contribution in [0.4, 0.5) is 9.39 Å². The van der Waals surface area contributed by atoms with Gasteiger partial charge in [-0.2, -0.15) is 9.57 Å². The van der Waals surface area contributed by atoms with Crippen molar-refractivity contribution in [3.8, 4) is 6.07 Å². The summed E-state index contributed by atoms with van der Waals surface area (Å²) in [7, 11) is -4.12. The highest BCUT2D eigenvalue weighted by Gasteiger charge is 2.26. The number of nitrogens with zero attached hydrogens (tertiary/aromatic N) is 2. The third-order valence-corrected chi connectivity index (χ3v) is 6.76. The number of amides is 1. The van der Waals surface area contributed by atoms with Crippen LogP contribution in [0, 0.1) is 17.1 Å². The van der Waals surface area contributed by atoms with Gasteiger partial charge >= 0.3 is 5.97 Å². The molecule has 2 rings (SSSR count). The lowest BCUT2D eigenvalue weighted by Gasteiger charge is -2.19. The van der Waals surface area contributed by atoms with E-state index in [9.17, 15) is 22.4 Å². The molecule has 1 N–H and O–H groups in total. The predicted molar refractivity (Wildman–Crippen MR) is 104 cm³/mol. The van der Waals surface area contributed by atoms with Gasteiger partial charge in [0.1, 0.15) is 21.8 Å². The van der Waals surface area contributed by atoms with Gasteiger partial charge in [-0.15, -0.1) is 11.3 Å². The second kappa shape index (κ2) is 9.60. The van der Waals surface area contributed by atoms with E-state index in [-0.39, 0.29) is 24.2 Å². The van der Waals surface area contributed by atoms with E-state index in [2.05, 4.69) is 5.32 Å². The van der Waals surface area contributed by atoms with Crippen molar-refractivity contribution in [2.24, 2.45) is 0 Å². The van der Waals surface area contributed by atoms with Crippen molar-refractivity contribution >= 4 is 38.2 Å². The molecule has 1 amide bonds. The maximum Gasteiger partial charge on any atom is 0.338 e. The van der Waals surface area contributed by atoms with Crippen LogP contribution in [-0.4, -0.2) is 44.3 Å². The summed E-state index contributed by atoms with van der Waals surface area (Å²) in [6, 6.07) is 6.26. The van der Waals surface area contributed by atoms with Crippen LogP contribution in [0.1, 0.15) is 29.8 Å². The van der Waals surface area contributed by atoms with Gasteiger partial charge in [0.2, 0.25) is 10.0 Å². The Morgan fingerprint density at radius 2 is 1.97 bits per heavy atom. The zero-order valence-corrected chi connectivity index (χ0v) is 17.3. The Morgan fingerprint density at radius 3 is 2.59 bits per heavy atom. The van der Waals surface area contributed by atoms with Crippen molar-refractivity contribution in [1.82, 2.24) is 4.31 Å². The number of esters is 1. The number of nitrogens with one attached hydrogen (secondary N) is 1. The highest BCUT2D eigenvalue weighted by Crippen LogP contribution is 2.23. The van der Waals surface area contributed by atoms with E-state index in [0.717, 1.165) is 33.8 Å². The van der Waals surface area contributed by atoms with Crippen molar-refractivity contribution in [1.29, 1.82) is 5.26 Å². The van der Waals surface area contributed by atoms with Crippen molar-refractivity contribution in [2.45, 2.75) is 18.7 Å². The van der Waals surface area contributed by atoms with E-state index >= 15 is 0 Å². The molecule has 0 spiro atoms. The van der Waals surface area contributed by atoms with E-state index in [1.807, 2.05) is 6.07 Å². The molecule has 0 aliphatic carbocycles. The number of ether oxygens (including phenoxy) is 1. The fraction of sp³-hybridized carbons (Fsp3) is 0.278. The summed E-state index contributed by atoms with van der Waals surface area (Å²) in [5.74, 6) is -2.65. The Hall–Kier alpha value is -2.81. The van der Waals surface area contributed by atoms with Gasteiger partial charge < -0.3 is 10.1 Å². The number of hydrogen-bond donors (Lipinski definition) is 1. The Balaban J connectivity index is 2.12. The van der Waals surface area contributed by atoms with Crippen LogP contribution < -0.4 is 5.32 Å². The molecule has 2 aromatic rings. The third kappa shape index (κ3) is 5.17. The molecule has 1 aromatic carbocycles. The topological polar surface area (TPSA) is 117 Å². The first-order valence-corrected chi connectivity index (χ1v) is 10.8. The van der Waals surface area contributed by atoms with Crippen LogP contribution >= 0.6 is 11.3 Å². The average molecular weight is 439 g/mol. The Kier molecular flexibility index (Phi) is 7.44. The maximum atomic E-state index is 14.1. The molecule has 29 heavy (non-hydrogen) atoms. The van der Waals surface area contributed by atoms with Gasteiger partial charge in [-0.05, 0) is 29.6 Å². The second-order valence-corrected chi connectivity index (χ2v) is 8.46. The minimum absolute atomic E-state index is 0.139. The largest absolute Gasteiger partial charge is 0.452 e. The van der Waals surface area contributed by atoms with Gasteiger partial charge in [-0.1, -0.05) is 13.8 Å². The van der Waals surface area contributed by atoms with Crippen molar-refractivity contribution < 1.29 is 27.1 Å². The number of halogens is 1. The summed E-state index contributed by atoms with van der Waals surface area (Å²) in [4.78, 5) is 23.5. The highest BCUT2D eigenvalue weighted by atomic mass is 32.2. The van der Waals surface area contributed by atoms with Gasteiger partial charge in [0.25, 0.3) is 5.91 Å². The number of benzene rings is 1. The molecule has 0 aliphatic heterocycles. The van der Waals surface area contributed by atoms with Crippen LogP contribution in [0.25, 0.3) is 0 Å². The van der Waals surface area contributed by atoms with E-state index < -0.39 is 39.2 Å². The summed E-state index contributed by atoms with van der Waals surface area (Å²) in [6.07, 6.45) is 0. The SMILES string of the molecule is CCN(CC)S(=O)(=O)c1cc(C(=O)OCC(=O)Nc2sccc2C#N)ccc1F. The molecule has 0 bridgehead atoms. The number of sulfonamides is 1. The zero-order chi connectivity index (χ0) is 21.6. The first-order valence-electron chi connectivity index (χ1n) is 8.48. The molecular weight excluding hydrogens is 421 g/mol. The first kappa shape index (κ1) is 22.5. The van der Waals surface area contributed by atoms with Crippen LogP contribution in [-0.2, 0) is 19.6 Å². The number of rotatable bonds is 8. The molecule has 8 nitrogen and oxygen atoms in total. The number of anilines is 1. The van der Waals surface area contributed by atoms with E-state index in [0.29, 0.717) is 5.00 Å². The van der Waals surface area contributed by atoms with Gasteiger partial charge in [0.15, 0.2) is 6.61 Å².